The minimum Gasteiger partial charge on any atom is -0.465 e. The topological polar surface area (TPSA) is 82.8 Å². The van der Waals surface area contributed by atoms with Gasteiger partial charge in [0.2, 0.25) is 0 Å². The number of furan rings is 1. The van der Waals surface area contributed by atoms with Gasteiger partial charge in [-0.1, -0.05) is 57.7 Å². The Hall–Kier alpha value is -2.86. The van der Waals surface area contributed by atoms with Crippen LogP contribution in [0.4, 0.5) is 5.69 Å². The molecule has 1 aromatic carbocycles. The van der Waals surface area contributed by atoms with Gasteiger partial charge in [-0.05, 0) is 43.2 Å². The maximum Gasteiger partial charge on any atom is 0.270 e. The van der Waals surface area contributed by atoms with E-state index in [-0.39, 0.29) is 0 Å². The zero-order valence-corrected chi connectivity index (χ0v) is 17.1. The Labute approximate surface area is 172 Å². The van der Waals surface area contributed by atoms with Crippen LogP contribution in [0, 0.1) is 0 Å². The van der Waals surface area contributed by atoms with E-state index in [4.69, 9.17) is 4.42 Å². The van der Waals surface area contributed by atoms with Crippen molar-refractivity contribution in [2.24, 2.45) is 0 Å². The number of hydrogen-bond donors (Lipinski definition) is 2. The summed E-state index contributed by atoms with van der Waals surface area (Å²) in [5.41, 5.74) is 1.63. The van der Waals surface area contributed by atoms with E-state index in [1.165, 1.54) is 18.4 Å². The number of unbranched alkanes of at least 4 members (excludes halogenated alkanes) is 2. The Morgan fingerprint density at radius 3 is 2.28 bits per heavy atom. The second kappa shape index (κ2) is 11.2. The van der Waals surface area contributed by atoms with Crippen molar-refractivity contribution >= 4 is 23.6 Å². The van der Waals surface area contributed by atoms with Crippen LogP contribution in [0.3, 0.4) is 0 Å². The summed E-state index contributed by atoms with van der Waals surface area (Å²) in [6.45, 7) is 4.02. The number of nitrogens with zero attached hydrogens (tertiary/aromatic N) is 1. The van der Waals surface area contributed by atoms with Crippen LogP contribution in [0.5, 0.6) is 0 Å². The summed E-state index contributed by atoms with van der Waals surface area (Å²) in [5.74, 6) is -0.489. The van der Waals surface area contributed by atoms with Gasteiger partial charge in [0.05, 0.1) is 12.0 Å². The normalized spacial score (nSPS) is 11.6. The number of nitrogens with one attached hydrogen (secondary N) is 1. The molecule has 0 bridgehead atoms. The van der Waals surface area contributed by atoms with Gasteiger partial charge in [0.25, 0.3) is 11.8 Å². The van der Waals surface area contributed by atoms with Gasteiger partial charge < -0.3 is 9.52 Å². The number of carbonyl (C=O) groups is 2. The highest BCUT2D eigenvalue weighted by Crippen LogP contribution is 2.23. The average molecular weight is 399 g/mol. The Bertz CT molecular complexity index is 776. The molecule has 156 valence electrons. The first-order chi connectivity index (χ1) is 14.0. The highest BCUT2D eigenvalue weighted by Gasteiger charge is 2.36. The lowest BCUT2D eigenvalue weighted by atomic mass is 9.90. The third-order valence-electron chi connectivity index (χ3n) is 4.69. The monoisotopic (exact) mass is 398 g/mol. The van der Waals surface area contributed by atoms with E-state index in [1.807, 2.05) is 19.9 Å². The molecule has 6 heteroatoms. The minimum absolute atomic E-state index is 0.356. The van der Waals surface area contributed by atoms with E-state index in [0.717, 1.165) is 30.7 Å². The molecule has 0 spiro atoms. The van der Waals surface area contributed by atoms with Gasteiger partial charge in [0, 0.05) is 6.08 Å². The highest BCUT2D eigenvalue weighted by molar-refractivity contribution is 6.05. The largest absolute Gasteiger partial charge is 0.465 e. The number of anilines is 1. The molecule has 2 amide bonds. The number of hydrogen-bond acceptors (Lipinski definition) is 4. The molecule has 0 aliphatic rings. The third kappa shape index (κ3) is 6.61. The van der Waals surface area contributed by atoms with E-state index in [1.54, 1.807) is 36.4 Å². The quantitative estimate of drug-likeness (QED) is 0.457. The van der Waals surface area contributed by atoms with Crippen LogP contribution in [-0.4, -0.2) is 22.5 Å². The number of rotatable bonds is 10. The van der Waals surface area contributed by atoms with Crippen molar-refractivity contribution in [1.29, 1.82) is 0 Å². The van der Waals surface area contributed by atoms with Gasteiger partial charge in [-0.2, -0.15) is 0 Å². The zero-order chi connectivity index (χ0) is 21.1. The number of amides is 2. The summed E-state index contributed by atoms with van der Waals surface area (Å²) in [6, 6.07) is 12.3. The summed E-state index contributed by atoms with van der Waals surface area (Å²) in [6.07, 6.45) is 8.28. The number of carbonyl (C=O) groups excluding carboxylic acids is 2. The Morgan fingerprint density at radius 2 is 1.72 bits per heavy atom. The SMILES string of the molecule is CCCCC(O)(CCCC)C(=O)NN(C(=O)C=Cc1ccco1)c1ccccc1. The fourth-order valence-electron chi connectivity index (χ4n) is 2.93. The van der Waals surface area contributed by atoms with Gasteiger partial charge in [-0.15, -0.1) is 0 Å². The molecule has 0 saturated carbocycles. The molecule has 6 nitrogen and oxygen atoms in total. The predicted octanol–water partition coefficient (Wildman–Crippen LogP) is 4.47. The van der Waals surface area contributed by atoms with Gasteiger partial charge in [-0.3, -0.25) is 15.0 Å². The van der Waals surface area contributed by atoms with E-state index < -0.39 is 17.4 Å². The lowest BCUT2D eigenvalue weighted by molar-refractivity contribution is -0.142. The van der Waals surface area contributed by atoms with Crippen LogP contribution in [0.15, 0.2) is 59.2 Å². The van der Waals surface area contributed by atoms with Crippen molar-refractivity contribution < 1.29 is 19.1 Å². The molecule has 2 aromatic rings. The molecule has 1 aromatic heterocycles. The molecule has 0 radical (unpaired) electrons. The molecule has 0 fully saturated rings. The maximum absolute atomic E-state index is 13.0. The summed E-state index contributed by atoms with van der Waals surface area (Å²) < 4.78 is 5.21. The van der Waals surface area contributed by atoms with Crippen molar-refractivity contribution in [2.45, 2.75) is 58.0 Å². The van der Waals surface area contributed by atoms with Crippen molar-refractivity contribution in [2.75, 3.05) is 5.01 Å². The van der Waals surface area contributed by atoms with Crippen LogP contribution in [0.1, 0.15) is 58.1 Å². The molecule has 29 heavy (non-hydrogen) atoms. The molecule has 0 aliphatic heterocycles. The number of para-hydroxylation sites is 1. The highest BCUT2D eigenvalue weighted by atomic mass is 16.3. The van der Waals surface area contributed by atoms with Crippen LogP contribution in [0.2, 0.25) is 0 Å². The summed E-state index contributed by atoms with van der Waals surface area (Å²) >= 11 is 0. The number of aliphatic hydroxyl groups is 1. The second-order valence-electron chi connectivity index (χ2n) is 7.04. The molecular weight excluding hydrogens is 368 g/mol. The average Bonchev–Trinajstić information content (AvgIpc) is 3.27. The van der Waals surface area contributed by atoms with Crippen LogP contribution >= 0.6 is 0 Å². The lowest BCUT2D eigenvalue weighted by Gasteiger charge is -2.31. The van der Waals surface area contributed by atoms with Gasteiger partial charge >= 0.3 is 0 Å². The van der Waals surface area contributed by atoms with Crippen molar-refractivity contribution in [3.8, 4) is 0 Å². The summed E-state index contributed by atoms with van der Waals surface area (Å²) in [4.78, 5) is 25.8. The minimum atomic E-state index is -1.51. The van der Waals surface area contributed by atoms with Crippen LogP contribution in [-0.2, 0) is 9.59 Å². The molecular formula is C23H30N2O4. The maximum atomic E-state index is 13.0. The standard InChI is InChI=1S/C23H30N2O4/c1-3-5-16-23(28,17-6-4-2)22(27)24-25(19-11-8-7-9-12-19)21(26)15-14-20-13-10-18-29-20/h7-15,18,28H,3-6,16-17H2,1-2H3,(H,24,27). The molecule has 0 saturated heterocycles. The van der Waals surface area contributed by atoms with Crippen molar-refractivity contribution in [3.05, 3.63) is 60.6 Å². The van der Waals surface area contributed by atoms with E-state index in [0.29, 0.717) is 24.3 Å². The summed E-state index contributed by atoms with van der Waals surface area (Å²) in [5, 5.41) is 12.2. The molecule has 0 unspecified atom stereocenters. The van der Waals surface area contributed by atoms with Gasteiger partial charge in [-0.25, -0.2) is 5.01 Å². The molecule has 0 aliphatic carbocycles. The lowest BCUT2D eigenvalue weighted by Crippen LogP contribution is -2.55. The van der Waals surface area contributed by atoms with Gasteiger partial charge in [0.15, 0.2) is 0 Å². The van der Waals surface area contributed by atoms with Crippen LogP contribution < -0.4 is 10.4 Å². The Balaban J connectivity index is 2.23. The third-order valence-corrected chi connectivity index (χ3v) is 4.69. The first-order valence-electron chi connectivity index (χ1n) is 10.1. The molecule has 1 heterocycles. The second-order valence-corrected chi connectivity index (χ2v) is 7.04. The van der Waals surface area contributed by atoms with Gasteiger partial charge in [0.1, 0.15) is 11.4 Å². The Morgan fingerprint density at radius 1 is 1.07 bits per heavy atom. The predicted molar refractivity (Wildman–Crippen MR) is 114 cm³/mol. The Kier molecular flexibility index (Phi) is 8.68. The fourth-order valence-corrected chi connectivity index (χ4v) is 2.93. The summed E-state index contributed by atoms with van der Waals surface area (Å²) in [7, 11) is 0. The number of hydrazine groups is 1. The molecule has 2 rings (SSSR count). The first kappa shape index (κ1) is 22.4. The fraction of sp³-hybridized carbons (Fsp3) is 0.391. The van der Waals surface area contributed by atoms with E-state index in [9.17, 15) is 14.7 Å². The van der Waals surface area contributed by atoms with Crippen molar-refractivity contribution in [1.82, 2.24) is 5.43 Å². The zero-order valence-electron chi connectivity index (χ0n) is 17.1. The molecule has 2 N–H and O–H groups in total. The first-order valence-corrected chi connectivity index (χ1v) is 10.1. The smallest absolute Gasteiger partial charge is 0.270 e. The number of benzene rings is 1. The molecule has 0 atom stereocenters. The van der Waals surface area contributed by atoms with Crippen molar-refractivity contribution in [3.63, 3.8) is 0 Å². The van der Waals surface area contributed by atoms with Crippen LogP contribution in [0.25, 0.3) is 6.08 Å². The van der Waals surface area contributed by atoms with E-state index >= 15 is 0 Å². The van der Waals surface area contributed by atoms with E-state index in [2.05, 4.69) is 5.43 Å².